The molecular formula is C14H27N5O3. The molecule has 2 saturated heterocycles. The van der Waals surface area contributed by atoms with E-state index in [1.54, 1.807) is 0 Å². The number of ether oxygens (including phenoxy) is 1. The van der Waals surface area contributed by atoms with Crippen LogP contribution >= 0.6 is 0 Å². The number of nitrogens with one attached hydrogen (secondary N) is 3. The number of amides is 2. The molecule has 8 nitrogen and oxygen atoms in total. The minimum atomic E-state index is -0.548. The number of carbonyl (C=O) groups excluding carboxylic acids is 2. The Morgan fingerprint density at radius 3 is 1.91 bits per heavy atom. The van der Waals surface area contributed by atoms with Crippen LogP contribution in [0, 0.1) is 0 Å². The van der Waals surface area contributed by atoms with Crippen LogP contribution in [0.3, 0.4) is 0 Å². The third kappa shape index (κ3) is 6.27. The zero-order chi connectivity index (χ0) is 15.6. The molecule has 2 aliphatic heterocycles. The van der Waals surface area contributed by atoms with E-state index in [1.807, 2.05) is 0 Å². The van der Waals surface area contributed by atoms with Crippen LogP contribution in [0.2, 0.25) is 0 Å². The highest BCUT2D eigenvalue weighted by molar-refractivity contribution is 6.35. The molecule has 0 spiro atoms. The number of hydrogen-bond donors (Lipinski definition) is 3. The van der Waals surface area contributed by atoms with Crippen LogP contribution in [0.1, 0.15) is 0 Å². The zero-order valence-electron chi connectivity index (χ0n) is 13.1. The average molecular weight is 313 g/mol. The maximum absolute atomic E-state index is 11.7. The summed E-state index contributed by atoms with van der Waals surface area (Å²) in [7, 11) is 0. The van der Waals surface area contributed by atoms with Gasteiger partial charge in [0.2, 0.25) is 0 Å². The standard InChI is InChI=1S/C14H27N5O3/c20-13(16-3-7-18-5-1-15-2-6-18)14(21)17-4-8-19-9-11-22-12-10-19/h15H,1-12H2,(H,16,20)(H,17,21). The van der Waals surface area contributed by atoms with Crippen molar-refractivity contribution in [1.82, 2.24) is 25.8 Å². The molecule has 2 rings (SSSR count). The first-order valence-corrected chi connectivity index (χ1v) is 8.05. The first-order valence-electron chi connectivity index (χ1n) is 8.05. The highest BCUT2D eigenvalue weighted by Crippen LogP contribution is 1.94. The predicted octanol–water partition coefficient (Wildman–Crippen LogP) is -2.54. The van der Waals surface area contributed by atoms with Crippen molar-refractivity contribution in [2.24, 2.45) is 0 Å². The summed E-state index contributed by atoms with van der Waals surface area (Å²) in [6.07, 6.45) is 0. The van der Waals surface area contributed by atoms with Crippen LogP contribution in [0.25, 0.3) is 0 Å². The molecule has 8 heteroatoms. The lowest BCUT2D eigenvalue weighted by Gasteiger charge is -2.27. The summed E-state index contributed by atoms with van der Waals surface area (Å²) in [6, 6.07) is 0. The summed E-state index contributed by atoms with van der Waals surface area (Å²) < 4.78 is 5.26. The third-order valence-corrected chi connectivity index (χ3v) is 3.95. The van der Waals surface area contributed by atoms with Crippen LogP contribution in [-0.2, 0) is 14.3 Å². The number of morpholine rings is 1. The van der Waals surface area contributed by atoms with E-state index in [-0.39, 0.29) is 0 Å². The Balaban J connectivity index is 1.51. The molecule has 0 atom stereocenters. The molecule has 0 bridgehead atoms. The van der Waals surface area contributed by atoms with Crippen molar-refractivity contribution in [2.75, 3.05) is 78.7 Å². The lowest BCUT2D eigenvalue weighted by Crippen LogP contribution is -2.48. The Kier molecular flexibility index (Phi) is 7.58. The third-order valence-electron chi connectivity index (χ3n) is 3.95. The second kappa shape index (κ2) is 9.73. The second-order valence-electron chi connectivity index (χ2n) is 5.56. The van der Waals surface area contributed by atoms with E-state index in [2.05, 4.69) is 25.8 Å². The maximum Gasteiger partial charge on any atom is 0.309 e. The second-order valence-corrected chi connectivity index (χ2v) is 5.56. The van der Waals surface area contributed by atoms with E-state index in [0.29, 0.717) is 13.1 Å². The van der Waals surface area contributed by atoms with Gasteiger partial charge in [-0.05, 0) is 0 Å². The molecule has 0 aromatic carbocycles. The number of carbonyl (C=O) groups is 2. The fourth-order valence-corrected chi connectivity index (χ4v) is 2.58. The summed E-state index contributed by atoms with van der Waals surface area (Å²) in [5.41, 5.74) is 0. The van der Waals surface area contributed by atoms with Crippen molar-refractivity contribution in [3.05, 3.63) is 0 Å². The predicted molar refractivity (Wildman–Crippen MR) is 82.6 cm³/mol. The minimum absolute atomic E-state index is 0.490. The molecule has 0 saturated carbocycles. The maximum atomic E-state index is 11.7. The molecule has 0 radical (unpaired) electrons. The van der Waals surface area contributed by atoms with Crippen LogP contribution in [0.15, 0.2) is 0 Å². The number of piperazine rings is 1. The van der Waals surface area contributed by atoms with Crippen molar-refractivity contribution in [3.63, 3.8) is 0 Å². The Morgan fingerprint density at radius 2 is 1.36 bits per heavy atom. The van der Waals surface area contributed by atoms with Crippen molar-refractivity contribution in [2.45, 2.75) is 0 Å². The van der Waals surface area contributed by atoms with Gasteiger partial charge in [0.25, 0.3) is 0 Å². The summed E-state index contributed by atoms with van der Waals surface area (Å²) >= 11 is 0. The highest BCUT2D eigenvalue weighted by Gasteiger charge is 2.15. The number of hydrogen-bond acceptors (Lipinski definition) is 6. The van der Waals surface area contributed by atoms with E-state index in [9.17, 15) is 9.59 Å². The molecule has 22 heavy (non-hydrogen) atoms. The Bertz CT molecular complexity index is 320. The molecule has 0 aliphatic carbocycles. The molecule has 126 valence electrons. The summed E-state index contributed by atoms with van der Waals surface area (Å²) in [4.78, 5) is 27.8. The Hall–Kier alpha value is -1.22. The first kappa shape index (κ1) is 17.1. The Morgan fingerprint density at radius 1 is 0.864 bits per heavy atom. The average Bonchev–Trinajstić information content (AvgIpc) is 2.56. The number of rotatable bonds is 6. The van der Waals surface area contributed by atoms with E-state index in [4.69, 9.17) is 4.74 Å². The fourth-order valence-electron chi connectivity index (χ4n) is 2.58. The highest BCUT2D eigenvalue weighted by atomic mass is 16.5. The van der Waals surface area contributed by atoms with Crippen molar-refractivity contribution >= 4 is 11.8 Å². The van der Waals surface area contributed by atoms with Crippen molar-refractivity contribution in [1.29, 1.82) is 0 Å². The quantitative estimate of drug-likeness (QED) is 0.469. The monoisotopic (exact) mass is 313 g/mol. The minimum Gasteiger partial charge on any atom is -0.379 e. The van der Waals surface area contributed by atoms with Gasteiger partial charge in [-0.1, -0.05) is 0 Å². The molecule has 0 unspecified atom stereocenters. The SMILES string of the molecule is O=C(NCCN1CCNCC1)C(=O)NCCN1CCOCC1. The van der Waals surface area contributed by atoms with Crippen molar-refractivity contribution in [3.8, 4) is 0 Å². The van der Waals surface area contributed by atoms with Crippen LogP contribution in [-0.4, -0.2) is 100 Å². The van der Waals surface area contributed by atoms with Crippen LogP contribution < -0.4 is 16.0 Å². The van der Waals surface area contributed by atoms with Crippen molar-refractivity contribution < 1.29 is 14.3 Å². The molecule has 2 amide bonds. The molecule has 3 N–H and O–H groups in total. The fraction of sp³-hybridized carbons (Fsp3) is 0.857. The van der Waals surface area contributed by atoms with Gasteiger partial charge < -0.3 is 20.7 Å². The summed E-state index contributed by atoms with van der Waals surface area (Å²) in [6.45, 7) is 9.72. The van der Waals surface area contributed by atoms with E-state index in [1.165, 1.54) is 0 Å². The zero-order valence-corrected chi connectivity index (χ0v) is 13.1. The summed E-state index contributed by atoms with van der Waals surface area (Å²) in [5.74, 6) is -1.09. The van der Waals surface area contributed by atoms with Gasteiger partial charge in [0, 0.05) is 65.4 Å². The number of nitrogens with zero attached hydrogens (tertiary/aromatic N) is 2. The van der Waals surface area contributed by atoms with Gasteiger partial charge in [0.15, 0.2) is 0 Å². The molecule has 0 aromatic heterocycles. The topological polar surface area (TPSA) is 85.9 Å². The van der Waals surface area contributed by atoms with Gasteiger partial charge in [-0.3, -0.25) is 19.4 Å². The molecule has 2 heterocycles. The van der Waals surface area contributed by atoms with Crippen LogP contribution in [0.5, 0.6) is 0 Å². The molecule has 0 aromatic rings. The lowest BCUT2D eigenvalue weighted by molar-refractivity contribution is -0.139. The summed E-state index contributed by atoms with van der Waals surface area (Å²) in [5, 5.41) is 8.61. The van der Waals surface area contributed by atoms with Gasteiger partial charge in [-0.15, -0.1) is 0 Å². The largest absolute Gasteiger partial charge is 0.379 e. The normalized spacial score (nSPS) is 20.5. The van der Waals surface area contributed by atoms with Gasteiger partial charge in [-0.2, -0.15) is 0 Å². The van der Waals surface area contributed by atoms with E-state index in [0.717, 1.165) is 65.6 Å². The molecular weight excluding hydrogens is 286 g/mol. The smallest absolute Gasteiger partial charge is 0.309 e. The van der Waals surface area contributed by atoms with E-state index < -0.39 is 11.8 Å². The van der Waals surface area contributed by atoms with Gasteiger partial charge in [0.05, 0.1) is 13.2 Å². The van der Waals surface area contributed by atoms with Gasteiger partial charge in [-0.25, -0.2) is 0 Å². The molecule has 2 fully saturated rings. The van der Waals surface area contributed by atoms with Gasteiger partial charge in [0.1, 0.15) is 0 Å². The lowest BCUT2D eigenvalue weighted by atomic mass is 10.3. The molecule has 2 aliphatic rings. The van der Waals surface area contributed by atoms with Gasteiger partial charge >= 0.3 is 11.8 Å². The first-order chi connectivity index (χ1) is 10.8. The van der Waals surface area contributed by atoms with E-state index >= 15 is 0 Å². The Labute approximate surface area is 131 Å². The van der Waals surface area contributed by atoms with Crippen LogP contribution in [0.4, 0.5) is 0 Å².